The zero-order valence-electron chi connectivity index (χ0n) is 14.0. The molecule has 0 unspecified atom stereocenters. The van der Waals surface area contributed by atoms with Gasteiger partial charge in [0.15, 0.2) is 0 Å². The number of rotatable bonds is 5. The fraction of sp³-hybridized carbons (Fsp3) is 0.250. The minimum atomic E-state index is -0.602. The molecule has 2 amide bonds. The SMILES string of the molecule is O=C(ON1C(=O)c2ccccc2C1=O)C1CC(OCc2ccccc2)C1. The zero-order valence-corrected chi connectivity index (χ0v) is 14.0. The van der Waals surface area contributed by atoms with Crippen LogP contribution in [0, 0.1) is 5.92 Å². The van der Waals surface area contributed by atoms with Crippen molar-refractivity contribution >= 4 is 17.8 Å². The predicted molar refractivity (Wildman–Crippen MR) is 90.8 cm³/mol. The smallest absolute Gasteiger partial charge is 0.336 e. The van der Waals surface area contributed by atoms with Gasteiger partial charge in [-0.3, -0.25) is 9.59 Å². The van der Waals surface area contributed by atoms with Gasteiger partial charge < -0.3 is 9.57 Å². The van der Waals surface area contributed by atoms with Crippen molar-refractivity contribution in [2.45, 2.75) is 25.6 Å². The minimum absolute atomic E-state index is 0.0186. The van der Waals surface area contributed by atoms with Gasteiger partial charge in [-0.15, -0.1) is 0 Å². The molecule has 1 fully saturated rings. The van der Waals surface area contributed by atoms with E-state index in [1.807, 2.05) is 30.3 Å². The van der Waals surface area contributed by atoms with E-state index >= 15 is 0 Å². The van der Waals surface area contributed by atoms with E-state index in [-0.39, 0.29) is 23.1 Å². The second-order valence-corrected chi connectivity index (χ2v) is 6.45. The van der Waals surface area contributed by atoms with Crippen molar-refractivity contribution in [1.82, 2.24) is 5.06 Å². The van der Waals surface area contributed by atoms with Gasteiger partial charge in [0, 0.05) is 0 Å². The Morgan fingerprint density at radius 2 is 1.50 bits per heavy atom. The average Bonchev–Trinajstić information content (AvgIpc) is 2.87. The summed E-state index contributed by atoms with van der Waals surface area (Å²) in [4.78, 5) is 41.7. The van der Waals surface area contributed by atoms with Crippen LogP contribution in [0.3, 0.4) is 0 Å². The highest BCUT2D eigenvalue weighted by Crippen LogP contribution is 2.33. The number of amides is 2. The van der Waals surface area contributed by atoms with Crippen LogP contribution in [0.5, 0.6) is 0 Å². The molecule has 6 nitrogen and oxygen atoms in total. The molecule has 26 heavy (non-hydrogen) atoms. The first-order valence-corrected chi connectivity index (χ1v) is 8.48. The van der Waals surface area contributed by atoms with Crippen molar-refractivity contribution in [2.75, 3.05) is 0 Å². The second kappa shape index (κ2) is 6.72. The molecular weight excluding hydrogens is 334 g/mol. The van der Waals surface area contributed by atoms with Gasteiger partial charge in [-0.1, -0.05) is 47.5 Å². The molecule has 0 saturated heterocycles. The van der Waals surface area contributed by atoms with Crippen LogP contribution in [-0.2, 0) is 21.0 Å². The van der Waals surface area contributed by atoms with Crippen LogP contribution in [0.25, 0.3) is 0 Å². The maximum Gasteiger partial charge on any atom is 0.336 e. The van der Waals surface area contributed by atoms with Crippen molar-refractivity contribution in [2.24, 2.45) is 5.92 Å². The van der Waals surface area contributed by atoms with Crippen molar-refractivity contribution in [1.29, 1.82) is 0 Å². The maximum atomic E-state index is 12.2. The fourth-order valence-corrected chi connectivity index (χ4v) is 3.10. The summed E-state index contributed by atoms with van der Waals surface area (Å²) in [5.41, 5.74) is 1.58. The van der Waals surface area contributed by atoms with Gasteiger partial charge >= 0.3 is 5.97 Å². The molecule has 0 radical (unpaired) electrons. The molecule has 0 aromatic heterocycles. The molecule has 1 aliphatic carbocycles. The van der Waals surface area contributed by atoms with Gasteiger partial charge in [0.1, 0.15) is 0 Å². The highest BCUT2D eigenvalue weighted by Gasteiger charge is 2.42. The molecular formula is C20H17NO5. The topological polar surface area (TPSA) is 72.9 Å². The summed E-state index contributed by atoms with van der Waals surface area (Å²) in [6.45, 7) is 0.492. The highest BCUT2D eigenvalue weighted by molar-refractivity contribution is 6.20. The number of benzene rings is 2. The van der Waals surface area contributed by atoms with Gasteiger partial charge in [0.2, 0.25) is 0 Å². The van der Waals surface area contributed by atoms with Crippen LogP contribution in [0.4, 0.5) is 0 Å². The summed E-state index contributed by atoms with van der Waals surface area (Å²) in [7, 11) is 0. The van der Waals surface area contributed by atoms with Crippen LogP contribution >= 0.6 is 0 Å². The number of hydrogen-bond acceptors (Lipinski definition) is 5. The van der Waals surface area contributed by atoms with E-state index in [0.29, 0.717) is 24.5 Å². The van der Waals surface area contributed by atoms with E-state index in [1.54, 1.807) is 24.3 Å². The van der Waals surface area contributed by atoms with Gasteiger partial charge in [0.05, 0.1) is 29.8 Å². The van der Waals surface area contributed by atoms with E-state index < -0.39 is 17.8 Å². The van der Waals surface area contributed by atoms with Crippen molar-refractivity contribution in [3.05, 3.63) is 71.3 Å². The first-order valence-electron chi connectivity index (χ1n) is 8.48. The van der Waals surface area contributed by atoms with Crippen molar-refractivity contribution < 1.29 is 24.0 Å². The van der Waals surface area contributed by atoms with E-state index in [9.17, 15) is 14.4 Å². The Kier molecular flexibility index (Phi) is 4.26. The summed E-state index contributed by atoms with van der Waals surface area (Å²) in [5, 5.41) is 0.561. The molecule has 132 valence electrons. The highest BCUT2D eigenvalue weighted by atomic mass is 16.7. The minimum Gasteiger partial charge on any atom is -0.373 e. The van der Waals surface area contributed by atoms with Crippen LogP contribution < -0.4 is 0 Å². The first kappa shape index (κ1) is 16.5. The van der Waals surface area contributed by atoms with Gasteiger partial charge in [-0.25, -0.2) is 4.79 Å². The van der Waals surface area contributed by atoms with Crippen LogP contribution in [0.15, 0.2) is 54.6 Å². The summed E-state index contributed by atoms with van der Waals surface area (Å²) in [5.74, 6) is -2.13. The largest absolute Gasteiger partial charge is 0.373 e. The second-order valence-electron chi connectivity index (χ2n) is 6.45. The molecule has 0 atom stereocenters. The lowest BCUT2D eigenvalue weighted by molar-refractivity contribution is -0.182. The monoisotopic (exact) mass is 351 g/mol. The lowest BCUT2D eigenvalue weighted by Crippen LogP contribution is -2.41. The quantitative estimate of drug-likeness (QED) is 0.775. The normalized spacial score (nSPS) is 21.3. The Morgan fingerprint density at radius 3 is 2.12 bits per heavy atom. The molecule has 2 aliphatic rings. The summed E-state index contributed by atoms with van der Waals surface area (Å²) >= 11 is 0. The Labute approximate surface area is 150 Å². The fourth-order valence-electron chi connectivity index (χ4n) is 3.10. The Hall–Kier alpha value is -2.99. The lowest BCUT2D eigenvalue weighted by Gasteiger charge is -2.33. The number of imide groups is 1. The molecule has 2 aromatic carbocycles. The molecule has 0 spiro atoms. The zero-order chi connectivity index (χ0) is 18.1. The van der Waals surface area contributed by atoms with E-state index in [1.165, 1.54) is 0 Å². The van der Waals surface area contributed by atoms with Gasteiger partial charge in [0.25, 0.3) is 11.8 Å². The predicted octanol–water partition coefficient (Wildman–Crippen LogP) is 2.74. The molecule has 4 rings (SSSR count). The molecule has 1 heterocycles. The number of nitrogens with zero attached hydrogens (tertiary/aromatic N) is 1. The molecule has 6 heteroatoms. The standard InChI is InChI=1S/C20H17NO5/c22-18-16-8-4-5-9-17(16)19(23)21(18)26-20(24)14-10-15(11-14)25-12-13-6-2-1-3-7-13/h1-9,14-15H,10-12H2. The van der Waals surface area contributed by atoms with E-state index in [0.717, 1.165) is 5.56 Å². The van der Waals surface area contributed by atoms with Crippen molar-refractivity contribution in [3.8, 4) is 0 Å². The molecule has 1 saturated carbocycles. The summed E-state index contributed by atoms with van der Waals surface area (Å²) in [6.07, 6.45) is 1.03. The third-order valence-electron chi connectivity index (χ3n) is 4.69. The Balaban J connectivity index is 1.28. The Morgan fingerprint density at radius 1 is 0.923 bits per heavy atom. The first-order chi connectivity index (χ1) is 12.6. The van der Waals surface area contributed by atoms with Crippen LogP contribution in [-0.4, -0.2) is 29.0 Å². The lowest BCUT2D eigenvalue weighted by atomic mass is 9.82. The van der Waals surface area contributed by atoms with Crippen molar-refractivity contribution in [3.63, 3.8) is 0 Å². The van der Waals surface area contributed by atoms with Gasteiger partial charge in [-0.05, 0) is 30.5 Å². The molecule has 0 bridgehead atoms. The third-order valence-corrected chi connectivity index (χ3v) is 4.69. The molecule has 1 aliphatic heterocycles. The number of carbonyl (C=O) groups excluding carboxylic acids is 3. The van der Waals surface area contributed by atoms with Crippen LogP contribution in [0.1, 0.15) is 39.1 Å². The number of carbonyl (C=O) groups is 3. The maximum absolute atomic E-state index is 12.2. The number of fused-ring (bicyclic) bond motifs is 1. The number of hydroxylamine groups is 2. The molecule has 2 aromatic rings. The Bertz CT molecular complexity index is 823. The molecule has 0 N–H and O–H groups in total. The number of hydrogen-bond donors (Lipinski definition) is 0. The van der Waals surface area contributed by atoms with E-state index in [2.05, 4.69) is 0 Å². The average molecular weight is 351 g/mol. The van der Waals surface area contributed by atoms with Gasteiger partial charge in [-0.2, -0.15) is 0 Å². The summed E-state index contributed by atoms with van der Waals surface area (Å²) < 4.78 is 5.75. The third kappa shape index (κ3) is 2.99. The number of ether oxygens (including phenoxy) is 1. The van der Waals surface area contributed by atoms with E-state index in [4.69, 9.17) is 9.57 Å². The van der Waals surface area contributed by atoms with Crippen LogP contribution in [0.2, 0.25) is 0 Å². The summed E-state index contributed by atoms with van der Waals surface area (Å²) in [6, 6.07) is 16.2.